The summed E-state index contributed by atoms with van der Waals surface area (Å²) < 4.78 is 5.53. The zero-order chi connectivity index (χ0) is 12.4. The molecule has 0 aliphatic heterocycles. The summed E-state index contributed by atoms with van der Waals surface area (Å²) in [6.07, 6.45) is 2.75. The van der Waals surface area contributed by atoms with Crippen LogP contribution in [0.25, 0.3) is 22.0 Å². The van der Waals surface area contributed by atoms with Crippen LogP contribution in [0.15, 0.2) is 42.5 Å². The van der Waals surface area contributed by atoms with Gasteiger partial charge in [-0.2, -0.15) is 0 Å². The van der Waals surface area contributed by atoms with Crippen molar-refractivity contribution in [3.05, 3.63) is 48.8 Å². The molecule has 0 saturated carbocycles. The molecule has 0 saturated heterocycles. The van der Waals surface area contributed by atoms with Crippen LogP contribution in [-0.4, -0.2) is 16.6 Å². The number of nitrogens with zero attached hydrogens (tertiary/aromatic N) is 1. The highest BCUT2D eigenvalue weighted by molar-refractivity contribution is 5.96. The van der Waals surface area contributed by atoms with E-state index in [0.717, 1.165) is 11.3 Å². The first-order valence-electron chi connectivity index (χ1n) is 5.97. The fourth-order valence-corrected chi connectivity index (χ4v) is 2.11. The van der Waals surface area contributed by atoms with Gasteiger partial charge in [0.2, 0.25) is 5.88 Å². The highest BCUT2D eigenvalue weighted by atomic mass is 16.5. The number of benzene rings is 2. The minimum atomic E-state index is 0.605. The number of rotatable bonds is 3. The van der Waals surface area contributed by atoms with Gasteiger partial charge in [0.25, 0.3) is 0 Å². The van der Waals surface area contributed by atoms with Crippen LogP contribution >= 0.6 is 0 Å². The van der Waals surface area contributed by atoms with Gasteiger partial charge in [0.1, 0.15) is 5.69 Å². The summed E-state index contributed by atoms with van der Waals surface area (Å²) >= 11 is 0. The van der Waals surface area contributed by atoms with Crippen molar-refractivity contribution in [2.24, 2.45) is 0 Å². The summed E-state index contributed by atoms with van der Waals surface area (Å²) in [6.45, 7) is 2.56. The van der Waals surface area contributed by atoms with Crippen LogP contribution in [0.2, 0.25) is 0 Å². The third-order valence-electron chi connectivity index (χ3n) is 2.89. The summed E-state index contributed by atoms with van der Waals surface area (Å²) in [7, 11) is 0. The van der Waals surface area contributed by atoms with Crippen molar-refractivity contribution >= 4 is 10.8 Å². The summed E-state index contributed by atoms with van der Waals surface area (Å²) in [5, 5.41) is 2.36. The molecule has 1 heterocycles. The molecule has 1 radical (unpaired) electrons. The van der Waals surface area contributed by atoms with Crippen molar-refractivity contribution in [3.8, 4) is 17.1 Å². The van der Waals surface area contributed by atoms with Crippen molar-refractivity contribution < 1.29 is 4.74 Å². The van der Waals surface area contributed by atoms with E-state index in [1.807, 2.05) is 25.1 Å². The Hall–Kier alpha value is -2.29. The lowest BCUT2D eigenvalue weighted by Crippen LogP contribution is -1.93. The molecule has 1 N–H and O–H groups in total. The van der Waals surface area contributed by atoms with Crippen molar-refractivity contribution in [2.75, 3.05) is 6.61 Å². The van der Waals surface area contributed by atoms with Crippen LogP contribution in [0.4, 0.5) is 0 Å². The Bertz CT molecular complexity index is 668. The second-order valence-corrected chi connectivity index (χ2v) is 3.99. The Labute approximate surface area is 105 Å². The van der Waals surface area contributed by atoms with Gasteiger partial charge >= 0.3 is 0 Å². The number of fused-ring (bicyclic) bond motifs is 1. The fraction of sp³-hybridized carbons (Fsp3) is 0.133. The molecule has 0 fully saturated rings. The van der Waals surface area contributed by atoms with Crippen LogP contribution in [0.3, 0.4) is 0 Å². The van der Waals surface area contributed by atoms with E-state index in [4.69, 9.17) is 4.74 Å². The largest absolute Gasteiger partial charge is 0.478 e. The summed E-state index contributed by atoms with van der Waals surface area (Å²) in [4.78, 5) is 7.16. The average molecular weight is 237 g/mol. The highest BCUT2D eigenvalue weighted by Gasteiger charge is 2.12. The van der Waals surface area contributed by atoms with Gasteiger partial charge in [-0.3, -0.25) is 0 Å². The molecule has 3 aromatic rings. The summed E-state index contributed by atoms with van der Waals surface area (Å²) in [6, 6.07) is 14.4. The van der Waals surface area contributed by atoms with Gasteiger partial charge in [-0.25, -0.2) is 4.98 Å². The van der Waals surface area contributed by atoms with Gasteiger partial charge in [0.05, 0.1) is 6.61 Å². The first-order valence-corrected chi connectivity index (χ1v) is 5.97. The molecule has 3 nitrogen and oxygen atoms in total. The van der Waals surface area contributed by atoms with E-state index in [0.29, 0.717) is 12.5 Å². The van der Waals surface area contributed by atoms with E-state index in [1.165, 1.54) is 10.8 Å². The number of aromatic amines is 1. The fourth-order valence-electron chi connectivity index (χ4n) is 2.11. The zero-order valence-electron chi connectivity index (χ0n) is 10.1. The van der Waals surface area contributed by atoms with Crippen molar-refractivity contribution in [1.29, 1.82) is 0 Å². The summed E-state index contributed by atoms with van der Waals surface area (Å²) in [5.74, 6) is 0.675. The lowest BCUT2D eigenvalue weighted by molar-refractivity contribution is 0.330. The molecule has 0 atom stereocenters. The maximum atomic E-state index is 5.53. The van der Waals surface area contributed by atoms with E-state index in [1.54, 1.807) is 0 Å². The van der Waals surface area contributed by atoms with Gasteiger partial charge in [-0.05, 0) is 17.7 Å². The molecule has 18 heavy (non-hydrogen) atoms. The molecule has 0 bridgehead atoms. The predicted molar refractivity (Wildman–Crippen MR) is 71.5 cm³/mol. The van der Waals surface area contributed by atoms with Gasteiger partial charge in [-0.1, -0.05) is 42.5 Å². The lowest BCUT2D eigenvalue weighted by Gasteiger charge is -2.06. The predicted octanol–water partition coefficient (Wildman–Crippen LogP) is 3.43. The van der Waals surface area contributed by atoms with Crippen LogP contribution < -0.4 is 4.74 Å². The van der Waals surface area contributed by atoms with Gasteiger partial charge in [-0.15, -0.1) is 0 Å². The molecule has 2 aromatic carbocycles. The number of hydrogen-bond donors (Lipinski definition) is 1. The zero-order valence-corrected chi connectivity index (χ0v) is 10.1. The maximum Gasteiger partial charge on any atom is 0.219 e. The number of H-pyrrole nitrogens is 1. The van der Waals surface area contributed by atoms with Crippen LogP contribution in [0.1, 0.15) is 6.92 Å². The minimum Gasteiger partial charge on any atom is -0.478 e. The third-order valence-corrected chi connectivity index (χ3v) is 2.89. The molecule has 3 rings (SSSR count). The van der Waals surface area contributed by atoms with Crippen LogP contribution in [0, 0.1) is 6.33 Å². The van der Waals surface area contributed by atoms with Crippen molar-refractivity contribution in [2.45, 2.75) is 6.92 Å². The molecule has 1 aromatic heterocycles. The standard InChI is InChI=1S/C15H13N2O/c1-2-18-15-14(16-10-17-15)13-9-5-7-11-6-3-4-8-12(11)13/h3-9H,2H2,1H3,(H,16,17). The SMILES string of the molecule is CCOc1[nH][c]nc1-c1cccc2ccccc12. The first kappa shape index (κ1) is 10.8. The van der Waals surface area contributed by atoms with Crippen molar-refractivity contribution in [3.63, 3.8) is 0 Å². The average Bonchev–Trinajstić information content (AvgIpc) is 2.87. The number of hydrogen-bond acceptors (Lipinski definition) is 2. The van der Waals surface area contributed by atoms with Crippen LogP contribution in [0.5, 0.6) is 5.88 Å². The maximum absolute atomic E-state index is 5.53. The highest BCUT2D eigenvalue weighted by Crippen LogP contribution is 2.32. The Morgan fingerprint density at radius 2 is 2.00 bits per heavy atom. The Morgan fingerprint density at radius 3 is 2.89 bits per heavy atom. The van der Waals surface area contributed by atoms with E-state index in [2.05, 4.69) is 40.6 Å². The summed E-state index contributed by atoms with van der Waals surface area (Å²) in [5.41, 5.74) is 1.88. The van der Waals surface area contributed by atoms with E-state index in [-0.39, 0.29) is 0 Å². The lowest BCUT2D eigenvalue weighted by atomic mass is 10.0. The van der Waals surface area contributed by atoms with E-state index < -0.39 is 0 Å². The van der Waals surface area contributed by atoms with E-state index >= 15 is 0 Å². The molecule has 0 aliphatic carbocycles. The van der Waals surface area contributed by atoms with Gasteiger partial charge in [0.15, 0.2) is 6.33 Å². The second-order valence-electron chi connectivity index (χ2n) is 3.99. The van der Waals surface area contributed by atoms with Gasteiger partial charge < -0.3 is 9.72 Å². The number of nitrogens with one attached hydrogen (secondary N) is 1. The Morgan fingerprint density at radius 1 is 1.17 bits per heavy atom. The topological polar surface area (TPSA) is 37.9 Å². The molecule has 89 valence electrons. The quantitative estimate of drug-likeness (QED) is 0.757. The van der Waals surface area contributed by atoms with Gasteiger partial charge in [0, 0.05) is 5.56 Å². The molecular formula is C15H13N2O. The molecule has 3 heteroatoms. The number of aromatic nitrogens is 2. The van der Waals surface area contributed by atoms with Crippen LogP contribution in [-0.2, 0) is 0 Å². The number of imidazole rings is 1. The number of ether oxygens (including phenoxy) is 1. The van der Waals surface area contributed by atoms with Crippen molar-refractivity contribution in [1.82, 2.24) is 9.97 Å². The Kier molecular flexibility index (Phi) is 2.73. The molecule has 0 amide bonds. The van der Waals surface area contributed by atoms with E-state index in [9.17, 15) is 0 Å². The second kappa shape index (κ2) is 4.53. The first-order chi connectivity index (χ1) is 8.90. The normalized spacial score (nSPS) is 10.7. The minimum absolute atomic E-state index is 0.605. The Balaban J connectivity index is 2.22. The molecule has 0 spiro atoms. The molecule has 0 unspecified atom stereocenters. The smallest absolute Gasteiger partial charge is 0.219 e. The molecule has 0 aliphatic rings. The third kappa shape index (κ3) is 1.74. The molecular weight excluding hydrogens is 224 g/mol. The monoisotopic (exact) mass is 237 g/mol.